The van der Waals surface area contributed by atoms with Gasteiger partial charge in [-0.15, -0.1) is 0 Å². The third-order valence-electron chi connectivity index (χ3n) is 2.08. The van der Waals surface area contributed by atoms with Crippen LogP contribution < -0.4 is 5.73 Å². The fraction of sp³-hybridized carbons (Fsp3) is 0.636. The van der Waals surface area contributed by atoms with Gasteiger partial charge < -0.3 is 15.4 Å². The smallest absolute Gasteiger partial charge is 0.325 e. The number of hydrogen-bond acceptors (Lipinski definition) is 4. The summed E-state index contributed by atoms with van der Waals surface area (Å²) in [4.78, 5) is 24.3. The largest absolute Gasteiger partial charge is 0.468 e. The average molecular weight is 228 g/mol. The molecule has 1 atom stereocenters. The number of esters is 1. The van der Waals surface area contributed by atoms with Crippen LogP contribution in [0.4, 0.5) is 0 Å². The first-order chi connectivity index (χ1) is 7.42. The number of nitrogens with zero attached hydrogens (tertiary/aromatic N) is 1. The van der Waals surface area contributed by atoms with E-state index in [1.165, 1.54) is 12.0 Å². The maximum atomic E-state index is 11.8. The van der Waals surface area contributed by atoms with Gasteiger partial charge in [-0.1, -0.05) is 19.1 Å². The van der Waals surface area contributed by atoms with E-state index in [-0.39, 0.29) is 12.5 Å². The first kappa shape index (κ1) is 14.6. The number of methoxy groups -OCH3 is 1. The minimum absolute atomic E-state index is 0.0874. The molecule has 0 aliphatic carbocycles. The first-order valence-electron chi connectivity index (χ1n) is 5.17. The molecule has 0 saturated carbocycles. The summed E-state index contributed by atoms with van der Waals surface area (Å²) in [5.41, 5.74) is 6.43. The molecule has 0 saturated heterocycles. The van der Waals surface area contributed by atoms with Crippen molar-refractivity contribution in [2.24, 2.45) is 5.73 Å². The summed E-state index contributed by atoms with van der Waals surface area (Å²) in [6.07, 6.45) is 0.534. The van der Waals surface area contributed by atoms with Gasteiger partial charge in [-0.2, -0.15) is 0 Å². The van der Waals surface area contributed by atoms with Crippen LogP contribution in [0.2, 0.25) is 0 Å². The zero-order valence-corrected chi connectivity index (χ0v) is 10.2. The normalized spacial score (nSPS) is 11.8. The summed E-state index contributed by atoms with van der Waals surface area (Å²) < 4.78 is 4.52. The van der Waals surface area contributed by atoms with Gasteiger partial charge in [0.15, 0.2) is 0 Å². The second-order valence-corrected chi connectivity index (χ2v) is 3.74. The molecule has 1 amide bonds. The molecule has 0 aromatic heterocycles. The lowest BCUT2D eigenvalue weighted by atomic mass is 10.2. The summed E-state index contributed by atoms with van der Waals surface area (Å²) in [5.74, 6) is -0.714. The van der Waals surface area contributed by atoms with Gasteiger partial charge in [0.1, 0.15) is 6.54 Å². The topological polar surface area (TPSA) is 72.6 Å². The van der Waals surface area contributed by atoms with Gasteiger partial charge in [0, 0.05) is 6.54 Å². The maximum Gasteiger partial charge on any atom is 0.325 e. The molecule has 2 N–H and O–H groups in total. The lowest BCUT2D eigenvalue weighted by molar-refractivity contribution is -0.147. The molecule has 5 heteroatoms. The fourth-order valence-corrected chi connectivity index (χ4v) is 1.17. The Kier molecular flexibility index (Phi) is 6.41. The number of nitrogens with two attached hydrogens (primary N) is 1. The Hall–Kier alpha value is -1.36. The van der Waals surface area contributed by atoms with Crippen LogP contribution in [0.25, 0.3) is 0 Å². The minimum Gasteiger partial charge on any atom is -0.468 e. The monoisotopic (exact) mass is 228 g/mol. The van der Waals surface area contributed by atoms with Gasteiger partial charge in [0.2, 0.25) is 5.91 Å². The quantitative estimate of drug-likeness (QED) is 0.524. The van der Waals surface area contributed by atoms with Crippen LogP contribution >= 0.6 is 0 Å². The Morgan fingerprint density at radius 1 is 1.44 bits per heavy atom. The summed E-state index contributed by atoms with van der Waals surface area (Å²) in [7, 11) is 1.28. The van der Waals surface area contributed by atoms with Gasteiger partial charge in [-0.25, -0.2) is 0 Å². The Labute approximate surface area is 96.2 Å². The molecule has 0 aliphatic heterocycles. The van der Waals surface area contributed by atoms with E-state index >= 15 is 0 Å². The number of ether oxygens (including phenoxy) is 1. The Morgan fingerprint density at radius 3 is 2.38 bits per heavy atom. The van der Waals surface area contributed by atoms with E-state index in [1.807, 2.05) is 6.92 Å². The van der Waals surface area contributed by atoms with Crippen molar-refractivity contribution in [3.63, 3.8) is 0 Å². The highest BCUT2D eigenvalue weighted by atomic mass is 16.5. The van der Waals surface area contributed by atoms with E-state index in [0.29, 0.717) is 13.0 Å². The molecule has 0 heterocycles. The highest BCUT2D eigenvalue weighted by molar-refractivity contribution is 5.85. The molecule has 0 bridgehead atoms. The van der Waals surface area contributed by atoms with Gasteiger partial charge in [-0.3, -0.25) is 9.59 Å². The lowest BCUT2D eigenvalue weighted by Gasteiger charge is -2.24. The molecule has 16 heavy (non-hydrogen) atoms. The molecular formula is C11H20N2O3. The lowest BCUT2D eigenvalue weighted by Crippen LogP contribution is -2.46. The third-order valence-corrected chi connectivity index (χ3v) is 2.08. The van der Waals surface area contributed by atoms with Crippen molar-refractivity contribution >= 4 is 11.9 Å². The van der Waals surface area contributed by atoms with Crippen molar-refractivity contribution in [2.75, 3.05) is 20.2 Å². The van der Waals surface area contributed by atoms with E-state index < -0.39 is 12.0 Å². The average Bonchev–Trinajstić information content (AvgIpc) is 2.25. The van der Waals surface area contributed by atoms with Crippen LogP contribution in [0.1, 0.15) is 20.3 Å². The van der Waals surface area contributed by atoms with E-state index in [4.69, 9.17) is 5.73 Å². The summed E-state index contributed by atoms with van der Waals surface area (Å²) in [5, 5.41) is 0. The molecular weight excluding hydrogens is 208 g/mol. The van der Waals surface area contributed by atoms with Crippen molar-refractivity contribution < 1.29 is 14.3 Å². The molecule has 5 nitrogen and oxygen atoms in total. The molecule has 1 unspecified atom stereocenters. The number of hydrogen-bond donors (Lipinski definition) is 1. The molecule has 0 aromatic carbocycles. The van der Waals surface area contributed by atoms with Gasteiger partial charge in [0.25, 0.3) is 0 Å². The van der Waals surface area contributed by atoms with E-state index in [9.17, 15) is 9.59 Å². The number of carbonyl (C=O) groups excluding carboxylic acids is 2. The van der Waals surface area contributed by atoms with Crippen LogP contribution in [0.3, 0.4) is 0 Å². The van der Waals surface area contributed by atoms with Crippen LogP contribution in [0, 0.1) is 0 Å². The zero-order valence-electron chi connectivity index (χ0n) is 10.2. The molecule has 92 valence electrons. The fourth-order valence-electron chi connectivity index (χ4n) is 1.17. The van der Waals surface area contributed by atoms with Gasteiger partial charge in [0.05, 0.1) is 13.2 Å². The van der Waals surface area contributed by atoms with Gasteiger partial charge >= 0.3 is 5.97 Å². The molecule has 0 spiro atoms. The van der Waals surface area contributed by atoms with E-state index in [2.05, 4.69) is 11.3 Å². The highest BCUT2D eigenvalue weighted by Crippen LogP contribution is 2.01. The Morgan fingerprint density at radius 2 is 2.00 bits per heavy atom. The Bertz CT molecular complexity index is 276. The predicted octanol–water partition coefficient (Wildman–Crippen LogP) is 0.301. The number of amides is 1. The number of carbonyl (C=O) groups is 2. The minimum atomic E-state index is -0.580. The number of rotatable bonds is 6. The van der Waals surface area contributed by atoms with Crippen LogP contribution in [0.5, 0.6) is 0 Å². The molecule has 0 aromatic rings. The van der Waals surface area contributed by atoms with Crippen LogP contribution in [-0.2, 0) is 14.3 Å². The SMILES string of the molecule is C=C(C)CN(CC(=O)OC)C(=O)C(N)CC. The first-order valence-corrected chi connectivity index (χ1v) is 5.17. The molecule has 0 rings (SSSR count). The van der Waals surface area contributed by atoms with E-state index in [1.54, 1.807) is 6.92 Å². The Balaban J connectivity index is 4.59. The molecule has 0 aliphatic rings. The molecule has 0 radical (unpaired) electrons. The van der Waals surface area contributed by atoms with Crippen molar-refractivity contribution in [1.29, 1.82) is 0 Å². The predicted molar refractivity (Wildman–Crippen MR) is 61.7 cm³/mol. The van der Waals surface area contributed by atoms with Crippen LogP contribution in [0.15, 0.2) is 12.2 Å². The maximum absolute atomic E-state index is 11.8. The standard InChI is InChI=1S/C11H20N2O3/c1-5-9(12)11(15)13(6-8(2)3)7-10(14)16-4/h9H,2,5-7,12H2,1,3-4H3. The van der Waals surface area contributed by atoms with Crippen molar-refractivity contribution in [3.8, 4) is 0 Å². The summed E-state index contributed by atoms with van der Waals surface area (Å²) in [6.45, 7) is 7.55. The third kappa shape index (κ3) is 4.93. The summed E-state index contributed by atoms with van der Waals surface area (Å²) >= 11 is 0. The highest BCUT2D eigenvalue weighted by Gasteiger charge is 2.21. The summed E-state index contributed by atoms with van der Waals surface area (Å²) in [6, 6.07) is -0.580. The van der Waals surface area contributed by atoms with Crippen molar-refractivity contribution in [2.45, 2.75) is 26.3 Å². The van der Waals surface area contributed by atoms with Gasteiger partial charge in [-0.05, 0) is 13.3 Å². The van der Waals surface area contributed by atoms with E-state index in [0.717, 1.165) is 5.57 Å². The zero-order chi connectivity index (χ0) is 12.7. The second kappa shape index (κ2) is 7.00. The van der Waals surface area contributed by atoms with Crippen molar-refractivity contribution in [3.05, 3.63) is 12.2 Å². The van der Waals surface area contributed by atoms with Crippen molar-refractivity contribution in [1.82, 2.24) is 4.90 Å². The second-order valence-electron chi connectivity index (χ2n) is 3.74. The molecule has 0 fully saturated rings. The van der Waals surface area contributed by atoms with Crippen LogP contribution in [-0.4, -0.2) is 43.0 Å².